The fourth-order valence-electron chi connectivity index (χ4n) is 2.53. The molecule has 0 spiro atoms. The molecule has 0 aliphatic rings. The standard InChI is InChI=1S/C20H21Cl3N4O4S/c1-11(28)24-13-5-7-14(8-6-13)25-19(32)27-18(20(21,22)23)26-17(29)12-4-9-15(30-2)16(10-12)31-3/h4-10,18H,1-3H3,(H,24,28)(H,26,29)(H2,25,27,32)/t18-/m1/s1. The zero-order valence-electron chi connectivity index (χ0n) is 17.3. The van der Waals surface area contributed by atoms with Crippen LogP contribution >= 0.6 is 47.0 Å². The third-order valence-electron chi connectivity index (χ3n) is 3.99. The van der Waals surface area contributed by atoms with Crippen molar-refractivity contribution >= 4 is 75.3 Å². The maximum absolute atomic E-state index is 12.7. The number of methoxy groups -OCH3 is 2. The van der Waals surface area contributed by atoms with Gasteiger partial charge in [0.25, 0.3) is 5.91 Å². The molecule has 172 valence electrons. The molecule has 0 radical (unpaired) electrons. The monoisotopic (exact) mass is 518 g/mol. The van der Waals surface area contributed by atoms with E-state index in [0.717, 1.165) is 0 Å². The fourth-order valence-corrected chi connectivity index (χ4v) is 3.09. The lowest BCUT2D eigenvalue weighted by atomic mass is 10.2. The molecule has 0 aromatic heterocycles. The number of rotatable bonds is 7. The van der Waals surface area contributed by atoms with Crippen molar-refractivity contribution in [2.45, 2.75) is 16.9 Å². The normalized spacial score (nSPS) is 11.7. The second-order valence-electron chi connectivity index (χ2n) is 6.37. The Morgan fingerprint density at radius 1 is 0.906 bits per heavy atom. The first-order valence-corrected chi connectivity index (χ1v) is 10.6. The van der Waals surface area contributed by atoms with Crippen LogP contribution in [0.3, 0.4) is 0 Å². The van der Waals surface area contributed by atoms with Crippen LogP contribution in [0.25, 0.3) is 0 Å². The molecule has 0 fully saturated rings. The van der Waals surface area contributed by atoms with E-state index in [2.05, 4.69) is 21.3 Å². The Hall–Kier alpha value is -2.46. The molecule has 0 aliphatic carbocycles. The van der Waals surface area contributed by atoms with E-state index in [1.807, 2.05) is 0 Å². The van der Waals surface area contributed by atoms with E-state index in [-0.39, 0.29) is 16.6 Å². The van der Waals surface area contributed by atoms with Gasteiger partial charge in [0, 0.05) is 23.9 Å². The molecule has 0 bridgehead atoms. The first kappa shape index (κ1) is 25.8. The topological polar surface area (TPSA) is 101 Å². The number of halogens is 3. The van der Waals surface area contributed by atoms with Gasteiger partial charge in [-0.05, 0) is 54.7 Å². The van der Waals surface area contributed by atoms with Crippen molar-refractivity contribution in [3.8, 4) is 11.5 Å². The van der Waals surface area contributed by atoms with E-state index in [1.54, 1.807) is 36.4 Å². The summed E-state index contributed by atoms with van der Waals surface area (Å²) in [6.45, 7) is 1.42. The van der Waals surface area contributed by atoms with Gasteiger partial charge in [-0.15, -0.1) is 0 Å². The number of alkyl halides is 3. The number of ether oxygens (including phenoxy) is 2. The van der Waals surface area contributed by atoms with Gasteiger partial charge in [0.15, 0.2) is 16.6 Å². The minimum Gasteiger partial charge on any atom is -0.493 e. The number of hydrogen-bond acceptors (Lipinski definition) is 5. The molecule has 0 heterocycles. The van der Waals surface area contributed by atoms with Gasteiger partial charge in [0.1, 0.15) is 6.17 Å². The molecule has 2 aromatic rings. The highest BCUT2D eigenvalue weighted by atomic mass is 35.6. The van der Waals surface area contributed by atoms with E-state index >= 15 is 0 Å². The number of thiocarbonyl (C=S) groups is 1. The molecule has 2 aromatic carbocycles. The van der Waals surface area contributed by atoms with E-state index in [0.29, 0.717) is 22.9 Å². The Bertz CT molecular complexity index is 984. The van der Waals surface area contributed by atoms with Gasteiger partial charge in [-0.3, -0.25) is 9.59 Å². The smallest absolute Gasteiger partial charge is 0.253 e. The molecule has 2 rings (SSSR count). The van der Waals surface area contributed by atoms with Crippen molar-refractivity contribution in [1.29, 1.82) is 0 Å². The summed E-state index contributed by atoms with van der Waals surface area (Å²) in [7, 11) is 2.94. The van der Waals surface area contributed by atoms with Crippen LogP contribution in [-0.4, -0.2) is 41.1 Å². The Balaban J connectivity index is 2.07. The van der Waals surface area contributed by atoms with Crippen molar-refractivity contribution in [2.75, 3.05) is 24.9 Å². The second kappa shape index (κ2) is 11.4. The van der Waals surface area contributed by atoms with Crippen LogP contribution in [0.1, 0.15) is 17.3 Å². The molecular weight excluding hydrogens is 499 g/mol. The summed E-state index contributed by atoms with van der Waals surface area (Å²) in [5.74, 6) is 0.129. The number of anilines is 2. The molecule has 2 amide bonds. The molecule has 4 N–H and O–H groups in total. The predicted molar refractivity (Wildman–Crippen MR) is 131 cm³/mol. The quantitative estimate of drug-likeness (QED) is 0.248. The first-order valence-electron chi connectivity index (χ1n) is 9.08. The SMILES string of the molecule is COc1ccc(C(=O)N[C@H](NC(=S)Nc2ccc(NC(C)=O)cc2)C(Cl)(Cl)Cl)cc1OC. The minimum atomic E-state index is -1.92. The largest absolute Gasteiger partial charge is 0.493 e. The first-order chi connectivity index (χ1) is 15.0. The summed E-state index contributed by atoms with van der Waals surface area (Å²) in [4.78, 5) is 23.8. The van der Waals surface area contributed by atoms with Crippen LogP contribution in [0.2, 0.25) is 0 Å². The molecule has 0 aliphatic heterocycles. The van der Waals surface area contributed by atoms with Gasteiger partial charge in [0.2, 0.25) is 9.70 Å². The highest BCUT2D eigenvalue weighted by molar-refractivity contribution is 7.80. The Labute approximate surface area is 205 Å². The number of benzene rings is 2. The van der Waals surface area contributed by atoms with Gasteiger partial charge in [-0.1, -0.05) is 34.8 Å². The van der Waals surface area contributed by atoms with E-state index in [1.165, 1.54) is 27.2 Å². The average Bonchev–Trinajstić information content (AvgIpc) is 2.73. The van der Waals surface area contributed by atoms with Crippen molar-refractivity contribution in [3.05, 3.63) is 48.0 Å². The van der Waals surface area contributed by atoms with E-state index in [9.17, 15) is 9.59 Å². The van der Waals surface area contributed by atoms with Crippen molar-refractivity contribution in [1.82, 2.24) is 10.6 Å². The lowest BCUT2D eigenvalue weighted by molar-refractivity contribution is -0.114. The summed E-state index contributed by atoms with van der Waals surface area (Å²) < 4.78 is 8.45. The highest BCUT2D eigenvalue weighted by Crippen LogP contribution is 2.30. The Morgan fingerprint density at radius 3 is 1.97 bits per heavy atom. The zero-order chi connectivity index (χ0) is 23.9. The summed E-state index contributed by atoms with van der Waals surface area (Å²) >= 11 is 23.4. The number of carbonyl (C=O) groups is 2. The van der Waals surface area contributed by atoms with Crippen LogP contribution in [0.4, 0.5) is 11.4 Å². The summed E-state index contributed by atoms with van der Waals surface area (Å²) in [6.07, 6.45) is -1.16. The maximum Gasteiger partial charge on any atom is 0.253 e. The van der Waals surface area contributed by atoms with Crippen molar-refractivity contribution in [2.24, 2.45) is 0 Å². The van der Waals surface area contributed by atoms with Crippen LogP contribution in [0, 0.1) is 0 Å². The molecule has 0 unspecified atom stereocenters. The maximum atomic E-state index is 12.7. The number of nitrogens with one attached hydrogen (secondary N) is 4. The van der Waals surface area contributed by atoms with Gasteiger partial charge in [-0.2, -0.15) is 0 Å². The lowest BCUT2D eigenvalue weighted by Gasteiger charge is -2.28. The van der Waals surface area contributed by atoms with E-state index < -0.39 is 15.9 Å². The van der Waals surface area contributed by atoms with Gasteiger partial charge < -0.3 is 30.7 Å². The molecule has 0 saturated heterocycles. The minimum absolute atomic E-state index is 0.0983. The number of carbonyl (C=O) groups excluding carboxylic acids is 2. The van der Waals surface area contributed by atoms with Crippen molar-refractivity contribution in [3.63, 3.8) is 0 Å². The van der Waals surface area contributed by atoms with Crippen LogP contribution in [-0.2, 0) is 4.79 Å². The Kier molecular flexibility index (Phi) is 9.21. The third kappa shape index (κ3) is 7.59. The molecule has 12 heteroatoms. The molecule has 0 saturated carbocycles. The summed E-state index contributed by atoms with van der Waals surface area (Å²) in [6, 6.07) is 11.4. The van der Waals surface area contributed by atoms with Gasteiger partial charge in [0.05, 0.1) is 14.2 Å². The molecule has 32 heavy (non-hydrogen) atoms. The zero-order valence-corrected chi connectivity index (χ0v) is 20.4. The predicted octanol–water partition coefficient (Wildman–Crippen LogP) is 4.07. The van der Waals surface area contributed by atoms with Crippen LogP contribution in [0.5, 0.6) is 11.5 Å². The Morgan fingerprint density at radius 2 is 1.47 bits per heavy atom. The highest BCUT2D eigenvalue weighted by Gasteiger charge is 2.35. The van der Waals surface area contributed by atoms with Crippen LogP contribution < -0.4 is 30.7 Å². The average molecular weight is 520 g/mol. The van der Waals surface area contributed by atoms with Gasteiger partial charge in [-0.25, -0.2) is 0 Å². The number of amides is 2. The number of hydrogen-bond donors (Lipinski definition) is 4. The summed E-state index contributed by atoms with van der Waals surface area (Å²) in [5, 5.41) is 11.0. The van der Waals surface area contributed by atoms with Crippen LogP contribution in [0.15, 0.2) is 42.5 Å². The van der Waals surface area contributed by atoms with E-state index in [4.69, 9.17) is 56.5 Å². The second-order valence-corrected chi connectivity index (χ2v) is 9.15. The lowest BCUT2D eigenvalue weighted by Crippen LogP contribution is -2.56. The van der Waals surface area contributed by atoms with Gasteiger partial charge >= 0.3 is 0 Å². The summed E-state index contributed by atoms with van der Waals surface area (Å²) in [5.41, 5.74) is 1.50. The molecular formula is C20H21Cl3N4O4S. The third-order valence-corrected chi connectivity index (χ3v) is 4.86. The molecule has 1 atom stereocenters. The molecule has 8 nitrogen and oxygen atoms in total. The fraction of sp³-hybridized carbons (Fsp3) is 0.250. The van der Waals surface area contributed by atoms with Crippen molar-refractivity contribution < 1.29 is 19.1 Å².